The van der Waals surface area contributed by atoms with Crippen molar-refractivity contribution in [2.75, 3.05) is 0 Å². The van der Waals surface area contributed by atoms with Gasteiger partial charge >= 0.3 is 5.97 Å². The minimum Gasteiger partial charge on any atom is -0.460 e. The zero-order valence-corrected chi connectivity index (χ0v) is 17.6. The van der Waals surface area contributed by atoms with Crippen molar-refractivity contribution in [3.05, 3.63) is 40.1 Å². The van der Waals surface area contributed by atoms with Crippen molar-refractivity contribution in [1.29, 1.82) is 0 Å². The summed E-state index contributed by atoms with van der Waals surface area (Å²) >= 11 is 3.46. The zero-order valence-electron chi connectivity index (χ0n) is 16.0. The number of carbonyl (C=O) groups excluding carboxylic acids is 1. The fraction of sp³-hybridized carbons (Fsp3) is 0.579. The van der Waals surface area contributed by atoms with Gasteiger partial charge in [0.1, 0.15) is 5.60 Å². The summed E-state index contributed by atoms with van der Waals surface area (Å²) in [5.74, 6) is 0.251. The second-order valence-corrected chi connectivity index (χ2v) is 8.91. The van der Waals surface area contributed by atoms with Crippen molar-refractivity contribution < 1.29 is 9.53 Å². The van der Waals surface area contributed by atoms with Crippen LogP contribution in [0.2, 0.25) is 0 Å². The van der Waals surface area contributed by atoms with E-state index in [1.54, 1.807) is 0 Å². The molecule has 2 aromatic rings. The van der Waals surface area contributed by atoms with Gasteiger partial charge in [0.25, 0.3) is 0 Å². The monoisotopic (exact) mass is 422 g/mol. The van der Waals surface area contributed by atoms with E-state index in [1.807, 2.05) is 45.0 Å². The molecule has 2 atom stereocenters. The lowest BCUT2D eigenvalue weighted by Crippen LogP contribution is -2.33. The van der Waals surface area contributed by atoms with E-state index in [0.29, 0.717) is 24.6 Å². The topological polar surface area (TPSA) is 80.8 Å². The van der Waals surface area contributed by atoms with Crippen LogP contribution in [0, 0.1) is 11.8 Å². The Morgan fingerprint density at radius 3 is 2.38 bits per heavy atom. The molecule has 0 unspecified atom stereocenters. The van der Waals surface area contributed by atoms with Crippen molar-refractivity contribution in [3.8, 4) is 0 Å². The van der Waals surface area contributed by atoms with Crippen LogP contribution in [0.3, 0.4) is 0 Å². The van der Waals surface area contributed by atoms with Crippen molar-refractivity contribution in [3.63, 3.8) is 0 Å². The molecule has 0 radical (unpaired) electrons. The summed E-state index contributed by atoms with van der Waals surface area (Å²) < 4.78 is 6.73. The smallest absolute Gasteiger partial charge is 0.310 e. The van der Waals surface area contributed by atoms with E-state index in [-0.39, 0.29) is 17.8 Å². The Kier molecular flexibility index (Phi) is 6.92. The van der Waals surface area contributed by atoms with Gasteiger partial charge in [0.15, 0.2) is 5.82 Å². The summed E-state index contributed by atoms with van der Waals surface area (Å²) in [4.78, 5) is 13.0. The average Bonchev–Trinajstić information content (AvgIpc) is 3.04. The van der Waals surface area contributed by atoms with Crippen molar-refractivity contribution in [2.45, 2.75) is 59.0 Å². The summed E-state index contributed by atoms with van der Waals surface area (Å²) in [5.41, 5.74) is 0.584. The molecule has 1 aromatic heterocycles. The molecule has 0 spiro atoms. The number of halogens is 1. The third kappa shape index (κ3) is 6.20. The normalized spacial score (nSPS) is 14.3. The molecule has 0 amide bonds. The summed E-state index contributed by atoms with van der Waals surface area (Å²) in [7, 11) is 0. The molecule has 6 nitrogen and oxygen atoms in total. The predicted octanol–water partition coefficient (Wildman–Crippen LogP) is 4.29. The van der Waals surface area contributed by atoms with Crippen LogP contribution in [-0.4, -0.2) is 32.2 Å². The number of nitrogens with zero attached hydrogens (tertiary/aromatic N) is 3. The molecule has 1 N–H and O–H groups in total. The summed E-state index contributed by atoms with van der Waals surface area (Å²) in [5, 5.41) is 14.4. The number of H-pyrrole nitrogens is 1. The van der Waals surface area contributed by atoms with Gasteiger partial charge in [-0.1, -0.05) is 41.9 Å². The molecule has 0 aliphatic rings. The van der Waals surface area contributed by atoms with Gasteiger partial charge in [-0.25, -0.2) is 5.10 Å². The molecule has 0 saturated heterocycles. The molecule has 7 heteroatoms. The third-order valence-corrected chi connectivity index (χ3v) is 4.53. The number of esters is 1. The maximum atomic E-state index is 13.0. The van der Waals surface area contributed by atoms with Gasteiger partial charge in [-0.05, 0) is 67.7 Å². The quantitative estimate of drug-likeness (QED) is 0.672. The van der Waals surface area contributed by atoms with E-state index in [2.05, 4.69) is 50.4 Å². The Hall–Kier alpha value is -1.76. The average molecular weight is 423 g/mol. The Labute approximate surface area is 163 Å². The van der Waals surface area contributed by atoms with Gasteiger partial charge < -0.3 is 4.74 Å². The van der Waals surface area contributed by atoms with E-state index in [9.17, 15) is 4.79 Å². The summed E-state index contributed by atoms with van der Waals surface area (Å²) in [6.07, 6.45) is 1.36. The number of hydrogen-bond donors (Lipinski definition) is 1. The first-order valence-electron chi connectivity index (χ1n) is 8.86. The Morgan fingerprint density at radius 1 is 1.23 bits per heavy atom. The number of ether oxygens (including phenoxy) is 1. The van der Waals surface area contributed by atoms with Gasteiger partial charge in [0.05, 0.1) is 5.92 Å². The van der Waals surface area contributed by atoms with Crippen molar-refractivity contribution in [2.24, 2.45) is 11.8 Å². The molecule has 1 heterocycles. The van der Waals surface area contributed by atoms with Gasteiger partial charge in [0.2, 0.25) is 0 Å². The van der Waals surface area contributed by atoms with Gasteiger partial charge in [0, 0.05) is 10.4 Å². The van der Waals surface area contributed by atoms with Crippen LogP contribution < -0.4 is 0 Å². The van der Waals surface area contributed by atoms with E-state index in [1.165, 1.54) is 0 Å². The van der Waals surface area contributed by atoms with Crippen LogP contribution >= 0.6 is 15.9 Å². The predicted molar refractivity (Wildman–Crippen MR) is 104 cm³/mol. The molecule has 142 valence electrons. The number of aromatic amines is 1. The number of benzene rings is 1. The number of hydrogen-bond acceptors (Lipinski definition) is 5. The maximum Gasteiger partial charge on any atom is 0.310 e. The number of tetrazole rings is 1. The minimum atomic E-state index is -0.534. The van der Waals surface area contributed by atoms with Gasteiger partial charge in [-0.15, -0.1) is 5.10 Å². The highest BCUT2D eigenvalue weighted by atomic mass is 79.9. The summed E-state index contributed by atoms with van der Waals surface area (Å²) in [6, 6.07) is 8.08. The first-order valence-corrected chi connectivity index (χ1v) is 9.66. The first kappa shape index (κ1) is 20.6. The highest BCUT2D eigenvalue weighted by molar-refractivity contribution is 9.10. The number of aromatic nitrogens is 4. The molecule has 1 aromatic carbocycles. The molecule has 26 heavy (non-hydrogen) atoms. The molecule has 0 saturated carbocycles. The highest BCUT2D eigenvalue weighted by Crippen LogP contribution is 2.33. The van der Waals surface area contributed by atoms with Crippen LogP contribution in [0.5, 0.6) is 0 Å². The Balaban J connectivity index is 2.34. The second-order valence-electron chi connectivity index (χ2n) is 7.99. The largest absolute Gasteiger partial charge is 0.460 e. The lowest BCUT2D eigenvalue weighted by atomic mass is 9.81. The molecular weight excluding hydrogens is 396 g/mol. The van der Waals surface area contributed by atoms with E-state index >= 15 is 0 Å². The van der Waals surface area contributed by atoms with Crippen molar-refractivity contribution >= 4 is 21.9 Å². The van der Waals surface area contributed by atoms with E-state index in [0.717, 1.165) is 10.0 Å². The van der Waals surface area contributed by atoms with Crippen molar-refractivity contribution in [1.82, 2.24) is 20.6 Å². The van der Waals surface area contributed by atoms with Gasteiger partial charge in [-0.3, -0.25) is 4.79 Å². The van der Waals surface area contributed by atoms with Crippen LogP contribution in [0.15, 0.2) is 28.7 Å². The molecule has 0 fully saturated rings. The maximum absolute atomic E-state index is 13.0. The summed E-state index contributed by atoms with van der Waals surface area (Å²) in [6.45, 7) is 9.87. The number of nitrogens with one attached hydrogen (secondary N) is 1. The molecule has 0 aliphatic carbocycles. The molecule has 0 bridgehead atoms. The van der Waals surface area contributed by atoms with Crippen LogP contribution in [0.4, 0.5) is 0 Å². The number of rotatable bonds is 7. The van der Waals surface area contributed by atoms with Crippen LogP contribution in [-0.2, 0) is 16.0 Å². The molecule has 0 aliphatic heterocycles. The molecule has 2 rings (SSSR count). The fourth-order valence-corrected chi connectivity index (χ4v) is 3.20. The third-order valence-electron chi connectivity index (χ3n) is 4.00. The zero-order chi connectivity index (χ0) is 19.3. The van der Waals surface area contributed by atoms with Crippen LogP contribution in [0.25, 0.3) is 0 Å². The Bertz CT molecular complexity index is 693. The number of carbonyl (C=O) groups is 1. The Morgan fingerprint density at radius 2 is 1.88 bits per heavy atom. The second kappa shape index (κ2) is 8.75. The highest BCUT2D eigenvalue weighted by Gasteiger charge is 2.35. The van der Waals surface area contributed by atoms with E-state index in [4.69, 9.17) is 4.74 Å². The fourth-order valence-electron chi connectivity index (χ4n) is 2.94. The molecular formula is C19H27BrN4O2. The van der Waals surface area contributed by atoms with Gasteiger partial charge in [-0.2, -0.15) is 0 Å². The standard InChI is InChI=1S/C19H27BrN4O2/c1-12(2)10-16(18(25)26-19(3,4)5)15(17-21-23-24-22-17)11-13-6-8-14(20)9-7-13/h6-9,12,15-16H,10-11H2,1-5H3,(H,21,22,23,24)/t15-,16-/m0/s1. The lowest BCUT2D eigenvalue weighted by Gasteiger charge is -2.29. The minimum absolute atomic E-state index is 0.177. The SMILES string of the molecule is CC(C)C[C@H](C(=O)OC(C)(C)C)[C@H](Cc1ccc(Br)cc1)c1nnn[nH]1. The van der Waals surface area contributed by atoms with E-state index < -0.39 is 5.60 Å². The first-order chi connectivity index (χ1) is 12.2. The lowest BCUT2D eigenvalue weighted by molar-refractivity contribution is -0.161. The van der Waals surface area contributed by atoms with Crippen LogP contribution in [0.1, 0.15) is 58.3 Å².